The molecule has 3 rings (SSSR count). The minimum absolute atomic E-state index is 0.00772. The first-order valence-corrected chi connectivity index (χ1v) is 22.4. The summed E-state index contributed by atoms with van der Waals surface area (Å²) < 4.78 is 12.2. The van der Waals surface area contributed by atoms with Gasteiger partial charge in [-0.3, -0.25) is 28.9 Å². The van der Waals surface area contributed by atoms with E-state index < -0.39 is 36.0 Å². The van der Waals surface area contributed by atoms with Crippen LogP contribution in [0.4, 0.5) is 5.69 Å². The number of benzene rings is 2. The SMILES string of the molecule is CC[C@H](C)[C@@H]([C@@H](CC(=O)N1CCC[C@H]1[C@H](OC)[C@@H](C)C(=O)C[C@H](Cc1ccccc1)C(=O)NCc1ccc(N)cc1)OC)N(C)C(=O)[C@@H](CC(=O)[C@H](C(C)C)N(C)C)C(C)C. The summed E-state index contributed by atoms with van der Waals surface area (Å²) in [6.07, 6.45) is 1.54. The number of Topliss-reactive ketones (excluding diaryl/α,β-unsaturated/α-hetero) is 2. The van der Waals surface area contributed by atoms with E-state index >= 15 is 0 Å². The number of nitrogens with one attached hydrogen (secondary N) is 1. The Kier molecular flexibility index (Phi) is 20.6. The van der Waals surface area contributed by atoms with Gasteiger partial charge in [0.05, 0.1) is 36.8 Å². The molecule has 0 unspecified atom stereocenters. The molecule has 0 saturated carbocycles. The van der Waals surface area contributed by atoms with E-state index in [0.717, 1.165) is 24.0 Å². The van der Waals surface area contributed by atoms with Gasteiger partial charge < -0.3 is 30.3 Å². The van der Waals surface area contributed by atoms with Crippen molar-refractivity contribution in [2.24, 2.45) is 35.5 Å². The van der Waals surface area contributed by atoms with Crippen molar-refractivity contribution >= 4 is 35.0 Å². The maximum absolute atomic E-state index is 14.4. The van der Waals surface area contributed by atoms with Crippen LogP contribution in [0.2, 0.25) is 0 Å². The first-order chi connectivity index (χ1) is 28.9. The smallest absolute Gasteiger partial charge is 0.226 e. The van der Waals surface area contributed by atoms with E-state index in [2.05, 4.69) is 19.2 Å². The molecule has 1 heterocycles. The van der Waals surface area contributed by atoms with E-state index in [-0.39, 0.29) is 78.4 Å². The van der Waals surface area contributed by atoms with E-state index in [1.807, 2.05) is 101 Å². The van der Waals surface area contributed by atoms with Crippen LogP contribution < -0.4 is 11.1 Å². The number of carbonyl (C=O) groups excluding carboxylic acids is 5. The van der Waals surface area contributed by atoms with Crippen LogP contribution in [0, 0.1) is 35.5 Å². The average molecular weight is 848 g/mol. The van der Waals surface area contributed by atoms with Gasteiger partial charge in [-0.25, -0.2) is 0 Å². The molecule has 0 bridgehead atoms. The van der Waals surface area contributed by atoms with Gasteiger partial charge in [0.2, 0.25) is 17.7 Å². The highest BCUT2D eigenvalue weighted by molar-refractivity contribution is 5.90. The van der Waals surface area contributed by atoms with Crippen LogP contribution >= 0.6 is 0 Å². The van der Waals surface area contributed by atoms with Gasteiger partial charge in [0.25, 0.3) is 0 Å². The van der Waals surface area contributed by atoms with Crippen molar-refractivity contribution in [2.45, 2.75) is 130 Å². The second-order valence-electron chi connectivity index (χ2n) is 18.3. The van der Waals surface area contributed by atoms with Gasteiger partial charge in [-0.1, -0.05) is 97.4 Å². The molecule has 3 N–H and O–H groups in total. The van der Waals surface area contributed by atoms with E-state index in [4.69, 9.17) is 15.2 Å². The molecule has 2 aromatic rings. The van der Waals surface area contributed by atoms with Gasteiger partial charge in [0.15, 0.2) is 5.78 Å². The molecule has 340 valence electrons. The lowest BCUT2D eigenvalue weighted by Gasteiger charge is -2.41. The fourth-order valence-corrected chi connectivity index (χ4v) is 9.36. The summed E-state index contributed by atoms with van der Waals surface area (Å²) in [5, 5.41) is 3.03. The topological polar surface area (TPSA) is 152 Å². The quantitative estimate of drug-likeness (QED) is 0.108. The molecule has 1 aliphatic rings. The second kappa shape index (κ2) is 24.5. The summed E-state index contributed by atoms with van der Waals surface area (Å²) in [5.74, 6) is -2.24. The normalized spacial score (nSPS) is 18.3. The predicted octanol–water partition coefficient (Wildman–Crippen LogP) is 6.44. The number of rotatable bonds is 25. The molecule has 0 aliphatic carbocycles. The van der Waals surface area contributed by atoms with Crippen LogP contribution in [0.5, 0.6) is 0 Å². The highest BCUT2D eigenvalue weighted by atomic mass is 16.5. The summed E-state index contributed by atoms with van der Waals surface area (Å²) in [4.78, 5) is 75.8. The third-order valence-corrected chi connectivity index (χ3v) is 13.0. The van der Waals surface area contributed by atoms with Crippen LogP contribution in [0.3, 0.4) is 0 Å². The Balaban J connectivity index is 1.79. The number of nitrogen functional groups attached to an aromatic ring is 1. The molecule has 12 heteroatoms. The van der Waals surface area contributed by atoms with Gasteiger partial charge >= 0.3 is 0 Å². The third-order valence-electron chi connectivity index (χ3n) is 13.0. The molecule has 3 amide bonds. The zero-order valence-corrected chi connectivity index (χ0v) is 39.2. The highest BCUT2D eigenvalue weighted by Gasteiger charge is 2.43. The highest BCUT2D eigenvalue weighted by Crippen LogP contribution is 2.32. The lowest BCUT2D eigenvalue weighted by molar-refractivity contribution is -0.149. The van der Waals surface area contributed by atoms with Gasteiger partial charge in [-0.2, -0.15) is 0 Å². The Labute approximate surface area is 366 Å². The summed E-state index contributed by atoms with van der Waals surface area (Å²) in [5.41, 5.74) is 8.35. The Hall–Kier alpha value is -4.13. The number of likely N-dealkylation sites (N-methyl/N-ethyl adjacent to an activating group) is 2. The maximum atomic E-state index is 14.4. The summed E-state index contributed by atoms with van der Waals surface area (Å²) in [7, 11) is 8.72. The van der Waals surface area contributed by atoms with E-state index in [1.165, 1.54) is 0 Å². The Morgan fingerprint density at radius 2 is 1.46 bits per heavy atom. The second-order valence-corrected chi connectivity index (χ2v) is 18.3. The van der Waals surface area contributed by atoms with Crippen molar-refractivity contribution in [3.05, 3.63) is 65.7 Å². The van der Waals surface area contributed by atoms with Crippen LogP contribution in [0.15, 0.2) is 54.6 Å². The van der Waals surface area contributed by atoms with Gasteiger partial charge in [0, 0.05) is 70.6 Å². The lowest BCUT2D eigenvalue weighted by atomic mass is 9.83. The molecule has 1 saturated heterocycles. The van der Waals surface area contributed by atoms with E-state index in [9.17, 15) is 24.0 Å². The molecule has 0 aromatic heterocycles. The molecule has 12 nitrogen and oxygen atoms in total. The minimum Gasteiger partial charge on any atom is -0.399 e. The lowest BCUT2D eigenvalue weighted by Crippen LogP contribution is -2.54. The predicted molar refractivity (Wildman–Crippen MR) is 242 cm³/mol. The number of hydrogen-bond donors (Lipinski definition) is 2. The minimum atomic E-state index is -0.614. The number of nitrogens with two attached hydrogens (primary N) is 1. The van der Waals surface area contributed by atoms with Crippen molar-refractivity contribution in [2.75, 3.05) is 47.6 Å². The average Bonchev–Trinajstić information content (AvgIpc) is 3.71. The largest absolute Gasteiger partial charge is 0.399 e. The molecule has 61 heavy (non-hydrogen) atoms. The molecule has 0 spiro atoms. The summed E-state index contributed by atoms with van der Waals surface area (Å²) in [6.45, 7) is 14.8. The van der Waals surface area contributed by atoms with Crippen molar-refractivity contribution in [3.8, 4) is 0 Å². The molecular weight excluding hydrogens is 771 g/mol. The third kappa shape index (κ3) is 14.2. The molecule has 1 fully saturated rings. The van der Waals surface area contributed by atoms with Gasteiger partial charge in [-0.15, -0.1) is 0 Å². The zero-order valence-electron chi connectivity index (χ0n) is 39.2. The Morgan fingerprint density at radius 1 is 0.820 bits per heavy atom. The summed E-state index contributed by atoms with van der Waals surface area (Å²) in [6, 6.07) is 15.9. The van der Waals surface area contributed by atoms with Crippen LogP contribution in [-0.4, -0.2) is 116 Å². The number of hydrogen-bond acceptors (Lipinski definition) is 9. The standard InChI is InChI=1S/C49H77N5O7/c1-13-33(6)46(53(10)49(59)39(31(2)3)28-42(56)45(32(4)5)52(8)9)43(60-11)29-44(57)54-25-17-20-40(54)47(61-12)34(7)41(55)27-37(26-35-18-15-14-16-19-35)48(58)51-30-36-21-23-38(50)24-22-36/h14-16,18-19,21-24,31-34,37,39-40,43,45-47H,13,17,20,25-30,50H2,1-12H3,(H,51,58)/t33-,34-,37-,39-,40-,43+,45-,46-,47+/m0/s1. The number of ketones is 2. The number of likely N-dealkylation sites (tertiary alicyclic amines) is 1. The number of nitrogens with zero attached hydrogens (tertiary/aromatic N) is 3. The molecule has 0 radical (unpaired) electrons. The first kappa shape index (κ1) is 51.2. The van der Waals surface area contributed by atoms with Crippen molar-refractivity contribution in [1.29, 1.82) is 0 Å². The molecule has 2 aromatic carbocycles. The first-order valence-electron chi connectivity index (χ1n) is 22.4. The van der Waals surface area contributed by atoms with Crippen molar-refractivity contribution in [1.82, 2.24) is 20.0 Å². The number of anilines is 1. The van der Waals surface area contributed by atoms with Gasteiger partial charge in [0.1, 0.15) is 5.78 Å². The Bertz CT molecular complexity index is 1690. The number of ether oxygens (including phenoxy) is 2. The fourth-order valence-electron chi connectivity index (χ4n) is 9.36. The number of amides is 3. The fraction of sp³-hybridized carbons (Fsp3) is 0.653. The van der Waals surface area contributed by atoms with Crippen molar-refractivity contribution < 1.29 is 33.4 Å². The van der Waals surface area contributed by atoms with Crippen molar-refractivity contribution in [3.63, 3.8) is 0 Å². The number of carbonyl (C=O) groups is 5. The number of methoxy groups -OCH3 is 2. The Morgan fingerprint density at radius 3 is 2.00 bits per heavy atom. The zero-order chi connectivity index (χ0) is 45.6. The molecular formula is C49H77N5O7. The van der Waals surface area contributed by atoms with Crippen LogP contribution in [-0.2, 0) is 46.4 Å². The van der Waals surface area contributed by atoms with Crippen LogP contribution in [0.25, 0.3) is 0 Å². The van der Waals surface area contributed by atoms with E-state index in [1.54, 1.807) is 38.3 Å². The van der Waals surface area contributed by atoms with E-state index in [0.29, 0.717) is 31.6 Å². The van der Waals surface area contributed by atoms with Crippen LogP contribution in [0.1, 0.15) is 98.1 Å². The van der Waals surface area contributed by atoms with Gasteiger partial charge in [-0.05, 0) is 74.4 Å². The maximum Gasteiger partial charge on any atom is 0.226 e. The monoisotopic (exact) mass is 848 g/mol. The molecule has 9 atom stereocenters. The summed E-state index contributed by atoms with van der Waals surface area (Å²) >= 11 is 0. The molecule has 1 aliphatic heterocycles.